The molecule has 2 fully saturated rings. The van der Waals surface area contributed by atoms with Crippen LogP contribution in [0.25, 0.3) is 0 Å². The van der Waals surface area contributed by atoms with Crippen molar-refractivity contribution in [3.63, 3.8) is 0 Å². The van der Waals surface area contributed by atoms with Crippen molar-refractivity contribution in [1.82, 2.24) is 15.1 Å². The van der Waals surface area contributed by atoms with Gasteiger partial charge in [0.2, 0.25) is 5.91 Å². The lowest BCUT2D eigenvalue weighted by atomic mass is 9.77. The maximum absolute atomic E-state index is 14.6. The first kappa shape index (κ1) is 29.3. The van der Waals surface area contributed by atoms with Crippen LogP contribution < -0.4 is 5.32 Å². The molecule has 1 amide bonds. The van der Waals surface area contributed by atoms with Crippen molar-refractivity contribution < 1.29 is 35.5 Å². The van der Waals surface area contributed by atoms with Crippen LogP contribution in [0.3, 0.4) is 0 Å². The van der Waals surface area contributed by atoms with Crippen LogP contribution in [0.5, 0.6) is 0 Å². The Balaban J connectivity index is 1.91. The van der Waals surface area contributed by atoms with E-state index in [4.69, 9.17) is 0 Å². The van der Waals surface area contributed by atoms with Gasteiger partial charge in [-0.1, -0.05) is 18.6 Å². The molecule has 0 spiro atoms. The van der Waals surface area contributed by atoms with Gasteiger partial charge in [0, 0.05) is 25.7 Å². The molecule has 214 valence electrons. The third kappa shape index (κ3) is 6.09. The number of carbonyl (C=O) groups is 1. The minimum Gasteiger partial charge on any atom is -0.354 e. The van der Waals surface area contributed by atoms with Crippen LogP contribution in [-0.4, -0.2) is 54.5 Å². The van der Waals surface area contributed by atoms with E-state index in [1.54, 1.807) is 11.8 Å². The fourth-order valence-electron chi connectivity index (χ4n) is 5.95. The fraction of sp³-hybridized carbons (Fsp3) is 0.536. The van der Waals surface area contributed by atoms with Crippen LogP contribution in [0, 0.1) is 5.82 Å². The number of hydrogen-bond donors (Lipinski definition) is 1. The topological polar surface area (TPSA) is 35.6 Å². The van der Waals surface area contributed by atoms with Crippen LogP contribution in [0.4, 0.5) is 30.7 Å². The van der Waals surface area contributed by atoms with Crippen molar-refractivity contribution in [3.8, 4) is 0 Å². The van der Waals surface area contributed by atoms with E-state index in [0.29, 0.717) is 25.0 Å². The molecule has 0 aromatic heterocycles. The Morgan fingerprint density at radius 1 is 0.821 bits per heavy atom. The van der Waals surface area contributed by atoms with E-state index >= 15 is 0 Å². The molecule has 39 heavy (non-hydrogen) atoms. The monoisotopic (exact) mass is 559 g/mol. The number of alkyl halides is 6. The summed E-state index contributed by atoms with van der Waals surface area (Å²) in [7, 11) is 0. The number of piperidine rings is 2. The Morgan fingerprint density at radius 3 is 1.90 bits per heavy atom. The van der Waals surface area contributed by atoms with Gasteiger partial charge in [0.05, 0.1) is 11.1 Å². The Morgan fingerprint density at radius 2 is 1.38 bits per heavy atom. The molecule has 1 N–H and O–H groups in total. The highest BCUT2D eigenvalue weighted by atomic mass is 19.4. The fourth-order valence-corrected chi connectivity index (χ4v) is 5.95. The lowest BCUT2D eigenvalue weighted by Crippen LogP contribution is -2.60. The molecular formula is C28H32F7N3O. The van der Waals surface area contributed by atoms with Crippen molar-refractivity contribution in [3.05, 3.63) is 70.5 Å². The van der Waals surface area contributed by atoms with Gasteiger partial charge >= 0.3 is 12.4 Å². The zero-order chi connectivity index (χ0) is 28.4. The van der Waals surface area contributed by atoms with Gasteiger partial charge in [0.25, 0.3) is 0 Å². The van der Waals surface area contributed by atoms with Crippen molar-refractivity contribution in [1.29, 1.82) is 0 Å². The molecule has 0 saturated carbocycles. The summed E-state index contributed by atoms with van der Waals surface area (Å²) in [6, 6.07) is 6.22. The van der Waals surface area contributed by atoms with Crippen molar-refractivity contribution >= 4 is 5.91 Å². The average molecular weight is 560 g/mol. The summed E-state index contributed by atoms with van der Waals surface area (Å²) >= 11 is 0. The van der Waals surface area contributed by atoms with Gasteiger partial charge in [-0.15, -0.1) is 0 Å². The molecule has 0 radical (unpaired) electrons. The minimum atomic E-state index is -5.10. The second-order valence-electron chi connectivity index (χ2n) is 10.2. The van der Waals surface area contributed by atoms with E-state index in [2.05, 4.69) is 10.2 Å². The number of likely N-dealkylation sites (N-methyl/N-ethyl adjacent to an activating group) is 1. The highest BCUT2D eigenvalue weighted by Crippen LogP contribution is 2.44. The lowest BCUT2D eigenvalue weighted by molar-refractivity contribution is -0.144. The molecule has 2 saturated heterocycles. The van der Waals surface area contributed by atoms with E-state index in [1.165, 1.54) is 12.1 Å². The molecule has 1 atom stereocenters. The summed E-state index contributed by atoms with van der Waals surface area (Å²) in [5, 5.41) is 2.62. The number of nitrogens with zero attached hydrogens (tertiary/aromatic N) is 2. The van der Waals surface area contributed by atoms with Gasteiger partial charge in [-0.25, -0.2) is 4.39 Å². The molecule has 2 aliphatic rings. The first-order chi connectivity index (χ1) is 18.4. The first-order valence-corrected chi connectivity index (χ1v) is 13.2. The standard InChI is InChI=1S/C28H32F7N3O/c1-2-36-25(39)26(19-7-6-8-23(29)18-19,38-13-9-24(10-14-38)37-11-4-3-5-12-37)20-15-21(27(30,31)32)17-22(16-20)28(33,34)35/h6-8,15-18,24H,2-5,9-14H2,1H3,(H,36,39). The molecule has 2 aromatic carbocycles. The zero-order valence-corrected chi connectivity index (χ0v) is 21.6. The van der Waals surface area contributed by atoms with Crippen molar-refractivity contribution in [2.75, 3.05) is 32.7 Å². The molecule has 0 bridgehead atoms. The number of amides is 1. The van der Waals surface area contributed by atoms with Crippen LogP contribution in [0.15, 0.2) is 42.5 Å². The predicted molar refractivity (Wildman–Crippen MR) is 132 cm³/mol. The Labute approximate surface area is 223 Å². The highest BCUT2D eigenvalue weighted by molar-refractivity contribution is 5.92. The number of likely N-dealkylation sites (tertiary alicyclic amines) is 2. The molecule has 4 nitrogen and oxygen atoms in total. The second kappa shape index (κ2) is 11.4. The number of hydrogen-bond acceptors (Lipinski definition) is 3. The second-order valence-corrected chi connectivity index (χ2v) is 10.2. The normalized spacial score (nSPS) is 20.0. The molecular weight excluding hydrogens is 527 g/mol. The number of rotatable bonds is 6. The number of nitrogens with one attached hydrogen (secondary N) is 1. The minimum absolute atomic E-state index is 0.0303. The van der Waals surface area contributed by atoms with Gasteiger partial charge in [-0.05, 0) is 87.2 Å². The third-order valence-electron chi connectivity index (χ3n) is 7.76. The molecule has 2 aromatic rings. The number of halogens is 7. The number of benzene rings is 2. The summed E-state index contributed by atoms with van der Waals surface area (Å²) in [5.74, 6) is -1.56. The molecule has 4 rings (SSSR count). The summed E-state index contributed by atoms with van der Waals surface area (Å²) in [6.45, 7) is 3.99. The van der Waals surface area contributed by atoms with Crippen LogP contribution >= 0.6 is 0 Å². The first-order valence-electron chi connectivity index (χ1n) is 13.2. The smallest absolute Gasteiger partial charge is 0.354 e. The van der Waals surface area contributed by atoms with Gasteiger partial charge in [-0.2, -0.15) is 26.3 Å². The van der Waals surface area contributed by atoms with E-state index in [-0.39, 0.29) is 37.3 Å². The molecule has 11 heteroatoms. The summed E-state index contributed by atoms with van der Waals surface area (Å²) in [6.07, 6.45) is -5.79. The third-order valence-corrected chi connectivity index (χ3v) is 7.76. The predicted octanol–water partition coefficient (Wildman–Crippen LogP) is 6.19. The van der Waals surface area contributed by atoms with E-state index < -0.39 is 46.3 Å². The highest BCUT2D eigenvalue weighted by Gasteiger charge is 2.50. The van der Waals surface area contributed by atoms with Crippen molar-refractivity contribution in [2.45, 2.75) is 63.0 Å². The van der Waals surface area contributed by atoms with Gasteiger partial charge in [0.15, 0.2) is 5.54 Å². The van der Waals surface area contributed by atoms with Crippen molar-refractivity contribution in [2.24, 2.45) is 0 Å². The van der Waals surface area contributed by atoms with Gasteiger partial charge in [0.1, 0.15) is 5.82 Å². The Bertz CT molecular complexity index is 1120. The summed E-state index contributed by atoms with van der Waals surface area (Å²) in [5.41, 5.74) is -5.71. The van der Waals surface area contributed by atoms with Crippen LogP contribution in [0.1, 0.15) is 61.3 Å². The summed E-state index contributed by atoms with van der Waals surface area (Å²) in [4.78, 5) is 17.9. The number of carbonyl (C=O) groups excluding carboxylic acids is 1. The molecule has 1 unspecified atom stereocenters. The van der Waals surface area contributed by atoms with Gasteiger partial charge < -0.3 is 10.2 Å². The van der Waals surface area contributed by atoms with E-state index in [1.807, 2.05) is 0 Å². The summed E-state index contributed by atoms with van der Waals surface area (Å²) < 4.78 is 97.9. The van der Waals surface area contributed by atoms with E-state index in [9.17, 15) is 35.5 Å². The van der Waals surface area contributed by atoms with E-state index in [0.717, 1.165) is 44.5 Å². The van der Waals surface area contributed by atoms with Crippen LogP contribution in [0.2, 0.25) is 0 Å². The molecule has 2 aliphatic heterocycles. The Hall–Kier alpha value is -2.66. The largest absolute Gasteiger partial charge is 0.416 e. The quantitative estimate of drug-likeness (QED) is 0.429. The lowest BCUT2D eigenvalue weighted by Gasteiger charge is -2.48. The van der Waals surface area contributed by atoms with Crippen LogP contribution in [-0.2, 0) is 22.7 Å². The average Bonchev–Trinajstić information content (AvgIpc) is 2.89. The maximum atomic E-state index is 14.6. The maximum Gasteiger partial charge on any atom is 0.416 e. The molecule has 0 aliphatic carbocycles. The Kier molecular flexibility index (Phi) is 8.61. The SMILES string of the molecule is CCNC(=O)C(c1cccc(F)c1)(c1cc(C(F)(F)F)cc(C(F)(F)F)c1)N1CCC(N2CCCCC2)CC1. The zero-order valence-electron chi connectivity index (χ0n) is 21.6. The van der Waals surface area contributed by atoms with Gasteiger partial charge in [-0.3, -0.25) is 9.69 Å². The molecule has 2 heterocycles.